The first kappa shape index (κ1) is 13.7. The smallest absolute Gasteiger partial charge is 0.143 e. The molecule has 0 aliphatic carbocycles. The van der Waals surface area contributed by atoms with Crippen LogP contribution in [0.15, 0.2) is 12.1 Å². The molecular formula is C13H13ClINO2. The third-order valence-electron chi connectivity index (χ3n) is 2.61. The molecule has 18 heavy (non-hydrogen) atoms. The van der Waals surface area contributed by atoms with Gasteiger partial charge in [-0.15, -0.1) is 0 Å². The molecule has 5 heteroatoms. The Labute approximate surface area is 125 Å². The largest absolute Gasteiger partial charge is 0.495 e. The van der Waals surface area contributed by atoms with Crippen LogP contribution in [0, 0.1) is 10.5 Å². The summed E-state index contributed by atoms with van der Waals surface area (Å²) in [6, 6.07) is 3.68. The summed E-state index contributed by atoms with van der Waals surface area (Å²) in [7, 11) is 1.59. The molecule has 0 atom stereocenters. The first-order valence-electron chi connectivity index (χ1n) is 5.54. The predicted octanol–water partition coefficient (Wildman–Crippen LogP) is 4.21. The first-order valence-corrected chi connectivity index (χ1v) is 7.00. The van der Waals surface area contributed by atoms with E-state index in [0.29, 0.717) is 17.4 Å². The summed E-state index contributed by atoms with van der Waals surface area (Å²) in [5.74, 6) is 1.46. The SMILES string of the molecule is CCOc1c(I)c(C)nc2cc(OC)c(Cl)cc12. The zero-order valence-corrected chi connectivity index (χ0v) is 13.3. The summed E-state index contributed by atoms with van der Waals surface area (Å²) in [6.07, 6.45) is 0. The van der Waals surface area contributed by atoms with Crippen LogP contribution in [0.5, 0.6) is 11.5 Å². The zero-order valence-electron chi connectivity index (χ0n) is 10.4. The van der Waals surface area contributed by atoms with E-state index in [9.17, 15) is 0 Å². The van der Waals surface area contributed by atoms with Crippen LogP contribution in [-0.4, -0.2) is 18.7 Å². The summed E-state index contributed by atoms with van der Waals surface area (Å²) < 4.78 is 11.9. The molecule has 0 N–H and O–H groups in total. The number of rotatable bonds is 3. The Bertz CT molecular complexity index is 601. The number of ether oxygens (including phenoxy) is 2. The fraction of sp³-hybridized carbons (Fsp3) is 0.308. The van der Waals surface area contributed by atoms with E-state index in [2.05, 4.69) is 27.6 Å². The lowest BCUT2D eigenvalue weighted by atomic mass is 10.1. The van der Waals surface area contributed by atoms with E-state index in [1.807, 2.05) is 26.0 Å². The summed E-state index contributed by atoms with van der Waals surface area (Å²) in [5.41, 5.74) is 1.77. The molecule has 0 bridgehead atoms. The molecule has 2 aromatic rings. The van der Waals surface area contributed by atoms with Crippen molar-refractivity contribution in [2.75, 3.05) is 13.7 Å². The van der Waals surface area contributed by atoms with Gasteiger partial charge in [0, 0.05) is 11.5 Å². The molecule has 2 rings (SSSR count). The molecule has 3 nitrogen and oxygen atoms in total. The minimum absolute atomic E-state index is 0.562. The van der Waals surface area contributed by atoms with Gasteiger partial charge in [0.25, 0.3) is 0 Å². The lowest BCUT2D eigenvalue weighted by molar-refractivity contribution is 0.341. The fourth-order valence-corrected chi connectivity index (χ4v) is 2.58. The normalized spacial score (nSPS) is 10.7. The van der Waals surface area contributed by atoms with E-state index in [-0.39, 0.29) is 0 Å². The Kier molecular flexibility index (Phi) is 4.17. The van der Waals surface area contributed by atoms with Crippen molar-refractivity contribution in [3.63, 3.8) is 0 Å². The van der Waals surface area contributed by atoms with Crippen molar-refractivity contribution in [1.82, 2.24) is 4.98 Å². The molecule has 0 saturated heterocycles. The maximum Gasteiger partial charge on any atom is 0.143 e. The van der Waals surface area contributed by atoms with E-state index < -0.39 is 0 Å². The Balaban J connectivity index is 2.79. The van der Waals surface area contributed by atoms with Gasteiger partial charge in [0.1, 0.15) is 11.5 Å². The second-order valence-corrected chi connectivity index (χ2v) is 5.26. The third kappa shape index (κ3) is 2.36. The Morgan fingerprint density at radius 3 is 2.72 bits per heavy atom. The number of hydrogen-bond donors (Lipinski definition) is 0. The molecule has 0 saturated carbocycles. The van der Waals surface area contributed by atoms with Crippen molar-refractivity contribution in [2.24, 2.45) is 0 Å². The van der Waals surface area contributed by atoms with Gasteiger partial charge in [-0.2, -0.15) is 0 Å². The van der Waals surface area contributed by atoms with E-state index in [0.717, 1.165) is 25.9 Å². The maximum absolute atomic E-state index is 6.16. The Morgan fingerprint density at radius 2 is 2.11 bits per heavy atom. The van der Waals surface area contributed by atoms with Crippen molar-refractivity contribution < 1.29 is 9.47 Å². The van der Waals surface area contributed by atoms with E-state index in [1.165, 1.54) is 0 Å². The van der Waals surface area contributed by atoms with E-state index >= 15 is 0 Å². The number of pyridine rings is 1. The summed E-state index contributed by atoms with van der Waals surface area (Å²) in [4.78, 5) is 4.54. The van der Waals surface area contributed by atoms with Gasteiger partial charge >= 0.3 is 0 Å². The van der Waals surface area contributed by atoms with Gasteiger partial charge in [0.15, 0.2) is 0 Å². The summed E-state index contributed by atoms with van der Waals surface area (Å²) >= 11 is 8.40. The van der Waals surface area contributed by atoms with Gasteiger partial charge < -0.3 is 9.47 Å². The number of hydrogen-bond acceptors (Lipinski definition) is 3. The lowest BCUT2D eigenvalue weighted by Gasteiger charge is -2.13. The summed E-state index contributed by atoms with van der Waals surface area (Å²) in [5, 5.41) is 1.48. The van der Waals surface area contributed by atoms with E-state index in [4.69, 9.17) is 21.1 Å². The maximum atomic E-state index is 6.16. The first-order chi connectivity index (χ1) is 8.58. The highest BCUT2D eigenvalue weighted by Gasteiger charge is 2.14. The van der Waals surface area contributed by atoms with Crippen LogP contribution < -0.4 is 9.47 Å². The quantitative estimate of drug-likeness (QED) is 0.751. The lowest BCUT2D eigenvalue weighted by Crippen LogP contribution is -1.99. The van der Waals surface area contributed by atoms with Crippen LogP contribution in [-0.2, 0) is 0 Å². The second-order valence-electron chi connectivity index (χ2n) is 3.78. The van der Waals surface area contributed by atoms with Crippen LogP contribution in [0.2, 0.25) is 5.02 Å². The van der Waals surface area contributed by atoms with Gasteiger partial charge in [-0.3, -0.25) is 4.98 Å². The van der Waals surface area contributed by atoms with Gasteiger partial charge in [0.2, 0.25) is 0 Å². The molecule has 0 amide bonds. The van der Waals surface area contributed by atoms with Gasteiger partial charge in [0.05, 0.1) is 33.5 Å². The third-order valence-corrected chi connectivity index (χ3v) is 4.17. The topological polar surface area (TPSA) is 31.4 Å². The molecule has 96 valence electrons. The van der Waals surface area contributed by atoms with Gasteiger partial charge in [-0.25, -0.2) is 0 Å². The van der Waals surface area contributed by atoms with Crippen molar-refractivity contribution in [3.8, 4) is 11.5 Å². The number of halogens is 2. The van der Waals surface area contributed by atoms with Crippen LogP contribution in [0.1, 0.15) is 12.6 Å². The number of aromatic nitrogens is 1. The highest BCUT2D eigenvalue weighted by molar-refractivity contribution is 14.1. The van der Waals surface area contributed by atoms with Crippen LogP contribution in [0.3, 0.4) is 0 Å². The molecule has 0 fully saturated rings. The van der Waals surface area contributed by atoms with Crippen molar-refractivity contribution in [2.45, 2.75) is 13.8 Å². The molecule has 0 unspecified atom stereocenters. The number of nitrogens with zero attached hydrogens (tertiary/aromatic N) is 1. The minimum atomic E-state index is 0.562. The van der Waals surface area contributed by atoms with Crippen molar-refractivity contribution >= 4 is 45.1 Å². The number of benzene rings is 1. The average molecular weight is 378 g/mol. The van der Waals surface area contributed by atoms with Gasteiger partial charge in [-0.05, 0) is 42.5 Å². The van der Waals surface area contributed by atoms with Crippen molar-refractivity contribution in [1.29, 1.82) is 0 Å². The molecule has 0 aliphatic rings. The highest BCUT2D eigenvalue weighted by Crippen LogP contribution is 2.37. The minimum Gasteiger partial charge on any atom is -0.495 e. The molecular weight excluding hydrogens is 365 g/mol. The monoisotopic (exact) mass is 377 g/mol. The number of aryl methyl sites for hydroxylation is 1. The van der Waals surface area contributed by atoms with Gasteiger partial charge in [-0.1, -0.05) is 11.6 Å². The molecule has 1 aromatic heterocycles. The molecule has 1 heterocycles. The molecule has 0 aliphatic heterocycles. The highest BCUT2D eigenvalue weighted by atomic mass is 127. The standard InChI is InChI=1S/C13H13ClINO2/c1-4-18-13-8-5-9(14)11(17-3)6-10(8)16-7(2)12(13)15/h5-6H,4H2,1-3H3. The fourth-order valence-electron chi connectivity index (χ4n) is 1.77. The van der Waals surface area contributed by atoms with E-state index in [1.54, 1.807) is 7.11 Å². The van der Waals surface area contributed by atoms with Crippen molar-refractivity contribution in [3.05, 3.63) is 26.4 Å². The molecule has 1 aromatic carbocycles. The molecule has 0 spiro atoms. The van der Waals surface area contributed by atoms with Crippen LogP contribution >= 0.6 is 34.2 Å². The molecule has 0 radical (unpaired) electrons. The zero-order chi connectivity index (χ0) is 13.3. The average Bonchev–Trinajstić information content (AvgIpc) is 2.35. The predicted molar refractivity (Wildman–Crippen MR) is 81.9 cm³/mol. The summed E-state index contributed by atoms with van der Waals surface area (Å²) in [6.45, 7) is 4.53. The van der Waals surface area contributed by atoms with Crippen LogP contribution in [0.25, 0.3) is 10.9 Å². The van der Waals surface area contributed by atoms with Crippen LogP contribution in [0.4, 0.5) is 0 Å². The Hall–Kier alpha value is -0.750. The number of methoxy groups -OCH3 is 1. The Morgan fingerprint density at radius 1 is 1.39 bits per heavy atom. The number of fused-ring (bicyclic) bond motifs is 1. The second kappa shape index (κ2) is 5.48.